The second-order valence-corrected chi connectivity index (χ2v) is 7.36. The lowest BCUT2D eigenvalue weighted by Crippen LogP contribution is -2.39. The lowest BCUT2D eigenvalue weighted by atomic mass is 10.3. The number of nitrogens with zero attached hydrogens (tertiary/aromatic N) is 5. The Morgan fingerprint density at radius 3 is 2.56 bits per heavy atom. The Bertz CT molecular complexity index is 906. The van der Waals surface area contributed by atoms with Gasteiger partial charge < -0.3 is 4.90 Å². The Morgan fingerprint density at radius 2 is 1.96 bits per heavy atom. The number of anilines is 1. The molecule has 1 amide bonds. The van der Waals surface area contributed by atoms with Crippen LogP contribution in [0.15, 0.2) is 30.5 Å². The molecule has 0 aliphatic rings. The number of aromatic nitrogens is 3. The van der Waals surface area contributed by atoms with Crippen LogP contribution in [0.25, 0.3) is 10.2 Å². The fourth-order valence-corrected chi connectivity index (χ4v) is 4.04. The molecule has 0 spiro atoms. The Morgan fingerprint density at radius 1 is 1.22 bits per heavy atom. The van der Waals surface area contributed by atoms with Crippen molar-refractivity contribution in [2.45, 2.75) is 13.8 Å². The van der Waals surface area contributed by atoms with E-state index in [1.807, 2.05) is 18.2 Å². The second kappa shape index (κ2) is 9.50. The molecule has 6 nitrogen and oxygen atoms in total. The number of thiazole rings is 1. The quantitative estimate of drug-likeness (QED) is 0.569. The summed E-state index contributed by atoms with van der Waals surface area (Å²) < 4.78 is 2.60. The van der Waals surface area contributed by atoms with Gasteiger partial charge in [-0.1, -0.05) is 42.9 Å². The topological polar surface area (TPSA) is 54.3 Å². The van der Waals surface area contributed by atoms with Gasteiger partial charge in [0.05, 0.1) is 9.72 Å². The van der Waals surface area contributed by atoms with E-state index < -0.39 is 0 Å². The predicted octanol–water partition coefficient (Wildman–Crippen LogP) is 4.09. The van der Waals surface area contributed by atoms with E-state index in [-0.39, 0.29) is 18.3 Å². The summed E-state index contributed by atoms with van der Waals surface area (Å²) in [6, 6.07) is 7.41. The van der Waals surface area contributed by atoms with Crippen molar-refractivity contribution in [2.75, 3.05) is 31.1 Å². The van der Waals surface area contributed by atoms with Gasteiger partial charge in [-0.05, 0) is 31.3 Å². The Hall–Kier alpha value is -1.67. The number of hydrogen-bond acceptors (Lipinski definition) is 5. The predicted molar refractivity (Wildman–Crippen MR) is 115 cm³/mol. The number of aryl methyl sites for hydroxylation is 1. The fraction of sp³-hybridized carbons (Fsp3) is 0.389. The first-order valence-corrected chi connectivity index (χ1v) is 9.81. The number of hydrogen-bond donors (Lipinski definition) is 0. The number of benzene rings is 1. The van der Waals surface area contributed by atoms with Crippen LogP contribution >= 0.6 is 35.3 Å². The molecule has 0 bridgehead atoms. The molecule has 27 heavy (non-hydrogen) atoms. The van der Waals surface area contributed by atoms with Crippen LogP contribution in [0.2, 0.25) is 5.02 Å². The third-order valence-corrected chi connectivity index (χ3v) is 5.65. The van der Waals surface area contributed by atoms with Crippen molar-refractivity contribution >= 4 is 56.6 Å². The van der Waals surface area contributed by atoms with Crippen LogP contribution in [-0.2, 0) is 7.05 Å². The summed E-state index contributed by atoms with van der Waals surface area (Å²) in [5.74, 6) is -0.145. The van der Waals surface area contributed by atoms with Crippen molar-refractivity contribution in [3.05, 3.63) is 41.2 Å². The summed E-state index contributed by atoms with van der Waals surface area (Å²) in [4.78, 5) is 21.7. The summed E-state index contributed by atoms with van der Waals surface area (Å²) in [6.07, 6.45) is 1.77. The van der Waals surface area contributed by atoms with Crippen molar-refractivity contribution in [1.82, 2.24) is 19.7 Å². The molecule has 2 aromatic heterocycles. The van der Waals surface area contributed by atoms with Crippen LogP contribution in [0.4, 0.5) is 5.13 Å². The minimum absolute atomic E-state index is 0. The molecule has 9 heteroatoms. The zero-order chi connectivity index (χ0) is 18.7. The van der Waals surface area contributed by atoms with E-state index >= 15 is 0 Å². The first-order chi connectivity index (χ1) is 12.5. The summed E-state index contributed by atoms with van der Waals surface area (Å²) in [5, 5.41) is 5.50. The van der Waals surface area contributed by atoms with E-state index in [4.69, 9.17) is 11.6 Å². The normalized spacial score (nSPS) is 11.0. The van der Waals surface area contributed by atoms with Crippen molar-refractivity contribution in [3.63, 3.8) is 0 Å². The summed E-state index contributed by atoms with van der Waals surface area (Å²) in [6.45, 7) is 7.43. The average molecular weight is 428 g/mol. The van der Waals surface area contributed by atoms with Gasteiger partial charge in [0.2, 0.25) is 0 Å². The number of likely N-dealkylation sites (N-methyl/N-ethyl adjacent to an activating group) is 1. The maximum atomic E-state index is 13.1. The maximum absolute atomic E-state index is 13.1. The van der Waals surface area contributed by atoms with Gasteiger partial charge in [-0.25, -0.2) is 4.98 Å². The minimum Gasteiger partial charge on any atom is -0.302 e. The number of amides is 1. The summed E-state index contributed by atoms with van der Waals surface area (Å²) in [7, 11) is 1.80. The highest BCUT2D eigenvalue weighted by atomic mass is 35.5. The van der Waals surface area contributed by atoms with Crippen molar-refractivity contribution in [3.8, 4) is 0 Å². The number of carbonyl (C=O) groups is 1. The molecule has 3 aromatic rings. The lowest BCUT2D eigenvalue weighted by Gasteiger charge is -2.24. The van der Waals surface area contributed by atoms with Crippen molar-refractivity contribution in [2.24, 2.45) is 7.05 Å². The maximum Gasteiger partial charge on any atom is 0.280 e. The zero-order valence-electron chi connectivity index (χ0n) is 15.6. The van der Waals surface area contributed by atoms with E-state index in [1.165, 1.54) is 11.3 Å². The molecule has 3 rings (SSSR count). The third kappa shape index (κ3) is 4.79. The van der Waals surface area contributed by atoms with Gasteiger partial charge in [0, 0.05) is 26.3 Å². The number of fused-ring (bicyclic) bond motifs is 1. The number of halogens is 2. The summed E-state index contributed by atoms with van der Waals surface area (Å²) >= 11 is 7.74. The number of carbonyl (C=O) groups excluding carboxylic acids is 1. The van der Waals surface area contributed by atoms with Crippen LogP contribution < -0.4 is 4.90 Å². The molecule has 0 aliphatic heterocycles. The number of rotatable bonds is 7. The van der Waals surface area contributed by atoms with Crippen LogP contribution in [-0.4, -0.2) is 51.8 Å². The van der Waals surface area contributed by atoms with Crippen molar-refractivity contribution < 1.29 is 4.79 Å². The van der Waals surface area contributed by atoms with Crippen LogP contribution in [0, 0.1) is 0 Å². The van der Waals surface area contributed by atoms with Gasteiger partial charge >= 0.3 is 0 Å². The molecule has 0 aliphatic carbocycles. The molecular weight excluding hydrogens is 405 g/mol. The average Bonchev–Trinajstić information content (AvgIpc) is 3.25. The van der Waals surface area contributed by atoms with Crippen molar-refractivity contribution in [1.29, 1.82) is 0 Å². The Labute approximate surface area is 174 Å². The molecule has 0 atom stereocenters. The van der Waals surface area contributed by atoms with Gasteiger partial charge in [-0.2, -0.15) is 5.10 Å². The van der Waals surface area contributed by atoms with Gasteiger partial charge in [-0.15, -0.1) is 12.4 Å². The molecule has 0 radical (unpaired) electrons. The van der Waals surface area contributed by atoms with E-state index in [0.29, 0.717) is 22.4 Å². The van der Waals surface area contributed by atoms with Gasteiger partial charge in [-0.3, -0.25) is 14.4 Å². The first kappa shape index (κ1) is 21.6. The van der Waals surface area contributed by atoms with E-state index in [2.05, 4.69) is 28.8 Å². The second-order valence-electron chi connectivity index (χ2n) is 5.94. The van der Waals surface area contributed by atoms with Gasteiger partial charge in [0.15, 0.2) is 10.8 Å². The molecule has 0 N–H and O–H groups in total. The molecule has 0 unspecified atom stereocenters. The SMILES string of the molecule is CCN(CC)CCN(C(=O)c1ccn(C)n1)c1nc2c(Cl)cccc2s1.Cl. The zero-order valence-corrected chi connectivity index (χ0v) is 17.9. The third-order valence-electron chi connectivity index (χ3n) is 4.30. The molecule has 1 aromatic carbocycles. The highest BCUT2D eigenvalue weighted by molar-refractivity contribution is 7.22. The standard InChI is InChI=1S/C18H22ClN5OS.ClH/c1-4-23(5-2)11-12-24(17(25)14-9-10-22(3)21-14)18-20-16-13(19)7-6-8-15(16)26-18;/h6-10H,4-5,11-12H2,1-3H3;1H. The van der Waals surface area contributed by atoms with E-state index in [0.717, 1.165) is 29.9 Å². The van der Waals surface area contributed by atoms with Gasteiger partial charge in [0.1, 0.15) is 5.52 Å². The largest absolute Gasteiger partial charge is 0.302 e. The van der Waals surface area contributed by atoms with Crippen LogP contribution in [0.3, 0.4) is 0 Å². The fourth-order valence-electron chi connectivity index (χ4n) is 2.75. The Kier molecular flexibility index (Phi) is 7.61. The van der Waals surface area contributed by atoms with E-state index in [1.54, 1.807) is 28.9 Å². The first-order valence-electron chi connectivity index (χ1n) is 8.62. The molecule has 0 fully saturated rings. The monoisotopic (exact) mass is 427 g/mol. The molecular formula is C18H23Cl2N5OS. The van der Waals surface area contributed by atoms with Gasteiger partial charge in [0.25, 0.3) is 5.91 Å². The minimum atomic E-state index is -0.145. The smallest absolute Gasteiger partial charge is 0.280 e. The Balaban J connectivity index is 0.00000261. The van der Waals surface area contributed by atoms with E-state index in [9.17, 15) is 4.79 Å². The molecule has 2 heterocycles. The molecule has 0 saturated carbocycles. The summed E-state index contributed by atoms with van der Waals surface area (Å²) in [5.41, 5.74) is 1.15. The lowest BCUT2D eigenvalue weighted by molar-refractivity contribution is 0.0978. The molecule has 0 saturated heterocycles. The molecule has 146 valence electrons. The highest BCUT2D eigenvalue weighted by Gasteiger charge is 2.24. The van der Waals surface area contributed by atoms with Crippen LogP contribution in [0.5, 0.6) is 0 Å². The number of para-hydroxylation sites is 1. The van der Waals surface area contributed by atoms with Crippen LogP contribution in [0.1, 0.15) is 24.3 Å². The highest BCUT2D eigenvalue weighted by Crippen LogP contribution is 2.33.